The highest BCUT2D eigenvalue weighted by Crippen LogP contribution is 2.27. The second-order valence-corrected chi connectivity index (χ2v) is 6.93. The van der Waals surface area contributed by atoms with E-state index in [0.717, 1.165) is 22.5 Å². The van der Waals surface area contributed by atoms with Crippen molar-refractivity contribution in [3.63, 3.8) is 0 Å². The van der Waals surface area contributed by atoms with Crippen LogP contribution in [0, 0.1) is 6.92 Å². The highest BCUT2D eigenvalue weighted by atomic mass is 16.3. The lowest BCUT2D eigenvalue weighted by Crippen LogP contribution is -2.13. The van der Waals surface area contributed by atoms with E-state index in [1.807, 2.05) is 49.4 Å². The average Bonchev–Trinajstić information content (AvgIpc) is 3.39. The topological polar surface area (TPSA) is 93.2 Å². The maximum Gasteiger partial charge on any atom is 0.162 e. The second-order valence-electron chi connectivity index (χ2n) is 6.93. The number of aryl methyl sites for hydroxylation is 1. The fourth-order valence-electron chi connectivity index (χ4n) is 3.29. The minimum absolute atomic E-state index is 0.581. The molecule has 0 bridgehead atoms. The lowest BCUT2D eigenvalue weighted by molar-refractivity contribution is 0.208. The third-order valence-corrected chi connectivity index (χ3v) is 4.85. The zero-order valence-electron chi connectivity index (χ0n) is 16.2. The minimum Gasteiger partial charge on any atom is -0.369 e. The van der Waals surface area contributed by atoms with Gasteiger partial charge in [0.2, 0.25) is 0 Å². The number of rotatable bonds is 5. The van der Waals surface area contributed by atoms with E-state index in [4.69, 9.17) is 5.10 Å². The van der Waals surface area contributed by atoms with Crippen LogP contribution in [0.15, 0.2) is 79.5 Å². The Kier molecular flexibility index (Phi) is 4.45. The van der Waals surface area contributed by atoms with Crippen LogP contribution in [-0.2, 0) is 0 Å². The van der Waals surface area contributed by atoms with Gasteiger partial charge < -0.3 is 10.4 Å². The number of hydrogen-bond acceptors (Lipinski definition) is 6. The van der Waals surface area contributed by atoms with E-state index >= 15 is 0 Å². The van der Waals surface area contributed by atoms with Crippen LogP contribution in [0.1, 0.15) is 17.4 Å². The number of anilines is 1. The van der Waals surface area contributed by atoms with Gasteiger partial charge in [0.25, 0.3) is 0 Å². The lowest BCUT2D eigenvalue weighted by Gasteiger charge is -2.14. The molecule has 148 valence electrons. The summed E-state index contributed by atoms with van der Waals surface area (Å²) in [6.45, 7) is 2.04. The van der Waals surface area contributed by atoms with Gasteiger partial charge in [0.15, 0.2) is 11.9 Å². The van der Waals surface area contributed by atoms with Gasteiger partial charge in [0.05, 0.1) is 23.1 Å². The molecule has 0 aliphatic heterocycles. The molecule has 30 heavy (non-hydrogen) atoms. The van der Waals surface area contributed by atoms with Gasteiger partial charge in [-0.25, -0.2) is 14.2 Å². The van der Waals surface area contributed by atoms with E-state index in [0.29, 0.717) is 17.0 Å². The molecule has 5 rings (SSSR count). The predicted octanol–water partition coefficient (Wildman–Crippen LogP) is 3.39. The van der Waals surface area contributed by atoms with Crippen molar-refractivity contribution < 1.29 is 5.11 Å². The highest BCUT2D eigenvalue weighted by Gasteiger charge is 2.18. The molecule has 0 aliphatic rings. The summed E-state index contributed by atoms with van der Waals surface area (Å²) in [5, 5.41) is 23.1. The SMILES string of the molecule is Cc1ccc(-n2nc(-c3ccncc3)cc2NC(O)c2cnn3cccnc23)cc1. The summed E-state index contributed by atoms with van der Waals surface area (Å²) in [6.07, 6.45) is 7.52. The Bertz CT molecular complexity index is 1290. The van der Waals surface area contributed by atoms with Gasteiger partial charge >= 0.3 is 0 Å². The fraction of sp³-hybridized carbons (Fsp3) is 0.0909. The van der Waals surface area contributed by atoms with E-state index < -0.39 is 6.23 Å². The molecule has 0 aliphatic carbocycles. The van der Waals surface area contributed by atoms with Crippen molar-refractivity contribution in [3.8, 4) is 16.9 Å². The van der Waals surface area contributed by atoms with Gasteiger partial charge in [0.1, 0.15) is 5.82 Å². The largest absolute Gasteiger partial charge is 0.369 e. The summed E-state index contributed by atoms with van der Waals surface area (Å²) in [5.41, 5.74) is 4.92. The van der Waals surface area contributed by atoms with Gasteiger partial charge in [-0.2, -0.15) is 10.2 Å². The Hall–Kier alpha value is -4.04. The zero-order chi connectivity index (χ0) is 20.5. The normalized spacial score (nSPS) is 12.2. The predicted molar refractivity (Wildman–Crippen MR) is 113 cm³/mol. The first-order valence-electron chi connectivity index (χ1n) is 9.49. The summed E-state index contributed by atoms with van der Waals surface area (Å²) in [4.78, 5) is 8.39. The third-order valence-electron chi connectivity index (χ3n) is 4.85. The van der Waals surface area contributed by atoms with Crippen molar-refractivity contribution in [1.29, 1.82) is 0 Å². The molecule has 1 unspecified atom stereocenters. The number of aliphatic hydroxyl groups excluding tert-OH is 1. The minimum atomic E-state index is -1.01. The summed E-state index contributed by atoms with van der Waals surface area (Å²) in [5.74, 6) is 0.647. The Morgan fingerprint density at radius 2 is 1.83 bits per heavy atom. The fourth-order valence-corrected chi connectivity index (χ4v) is 3.29. The molecule has 0 spiro atoms. The lowest BCUT2D eigenvalue weighted by atomic mass is 10.2. The summed E-state index contributed by atoms with van der Waals surface area (Å²) in [7, 11) is 0. The molecule has 0 saturated carbocycles. The van der Waals surface area contributed by atoms with Crippen LogP contribution in [0.3, 0.4) is 0 Å². The molecule has 2 N–H and O–H groups in total. The van der Waals surface area contributed by atoms with Crippen LogP contribution < -0.4 is 5.32 Å². The molecule has 4 aromatic heterocycles. The van der Waals surface area contributed by atoms with Crippen LogP contribution in [0.25, 0.3) is 22.6 Å². The van der Waals surface area contributed by atoms with E-state index in [-0.39, 0.29) is 0 Å². The first kappa shape index (κ1) is 18.0. The summed E-state index contributed by atoms with van der Waals surface area (Å²) in [6, 6.07) is 15.5. The molecule has 0 radical (unpaired) electrons. The van der Waals surface area contributed by atoms with Gasteiger partial charge in [-0.15, -0.1) is 0 Å². The quantitative estimate of drug-likeness (QED) is 0.442. The molecule has 1 atom stereocenters. The van der Waals surface area contributed by atoms with E-state index in [2.05, 4.69) is 20.4 Å². The van der Waals surface area contributed by atoms with Crippen LogP contribution in [-0.4, -0.2) is 34.5 Å². The first-order valence-corrected chi connectivity index (χ1v) is 9.49. The summed E-state index contributed by atoms with van der Waals surface area (Å²) < 4.78 is 3.40. The molecule has 0 fully saturated rings. The van der Waals surface area contributed by atoms with Crippen LogP contribution in [0.2, 0.25) is 0 Å². The monoisotopic (exact) mass is 397 g/mol. The molecule has 5 aromatic rings. The molecular formula is C22H19N7O. The van der Waals surface area contributed by atoms with Crippen LogP contribution in [0.5, 0.6) is 0 Å². The number of aromatic nitrogens is 6. The highest BCUT2D eigenvalue weighted by molar-refractivity contribution is 5.65. The van der Waals surface area contributed by atoms with Crippen LogP contribution in [0.4, 0.5) is 5.82 Å². The van der Waals surface area contributed by atoms with Gasteiger partial charge in [0, 0.05) is 36.4 Å². The van der Waals surface area contributed by atoms with Crippen molar-refractivity contribution >= 4 is 11.5 Å². The van der Waals surface area contributed by atoms with Crippen molar-refractivity contribution in [3.05, 3.63) is 90.6 Å². The van der Waals surface area contributed by atoms with Crippen molar-refractivity contribution in [1.82, 2.24) is 29.4 Å². The van der Waals surface area contributed by atoms with E-state index in [1.54, 1.807) is 46.2 Å². The number of nitrogens with one attached hydrogen (secondary N) is 1. The number of fused-ring (bicyclic) bond motifs is 1. The Morgan fingerprint density at radius 3 is 2.63 bits per heavy atom. The third kappa shape index (κ3) is 3.29. The molecule has 8 nitrogen and oxygen atoms in total. The van der Waals surface area contributed by atoms with E-state index in [1.165, 1.54) is 0 Å². The maximum atomic E-state index is 10.9. The molecule has 8 heteroatoms. The number of hydrogen-bond donors (Lipinski definition) is 2. The second kappa shape index (κ2) is 7.41. The van der Waals surface area contributed by atoms with Crippen molar-refractivity contribution in [2.24, 2.45) is 0 Å². The van der Waals surface area contributed by atoms with Crippen molar-refractivity contribution in [2.75, 3.05) is 5.32 Å². The van der Waals surface area contributed by atoms with Crippen molar-refractivity contribution in [2.45, 2.75) is 13.2 Å². The van der Waals surface area contributed by atoms with Gasteiger partial charge in [-0.1, -0.05) is 17.7 Å². The standard InChI is InChI=1S/C22H19N7O/c1-15-3-5-17(6-4-15)29-20(13-19(27-29)16-7-10-23-11-8-16)26-22(30)18-14-25-28-12-2-9-24-21(18)28/h2-14,22,26,30H,1H3. The number of pyridine rings is 1. The smallest absolute Gasteiger partial charge is 0.162 e. The molecule has 4 heterocycles. The Balaban J connectivity index is 1.56. The number of aliphatic hydroxyl groups is 1. The first-order chi connectivity index (χ1) is 14.7. The molecule has 0 saturated heterocycles. The number of benzene rings is 1. The average molecular weight is 397 g/mol. The summed E-state index contributed by atoms with van der Waals surface area (Å²) >= 11 is 0. The molecule has 1 aromatic carbocycles. The number of nitrogens with zero attached hydrogens (tertiary/aromatic N) is 6. The molecule has 0 amide bonds. The van der Waals surface area contributed by atoms with Gasteiger partial charge in [-0.05, 0) is 37.3 Å². The Morgan fingerprint density at radius 1 is 1.03 bits per heavy atom. The Labute approximate surface area is 172 Å². The zero-order valence-corrected chi connectivity index (χ0v) is 16.2. The van der Waals surface area contributed by atoms with Crippen LogP contribution >= 0.6 is 0 Å². The maximum absolute atomic E-state index is 10.9. The van der Waals surface area contributed by atoms with E-state index in [9.17, 15) is 5.11 Å². The molecular weight excluding hydrogens is 378 g/mol. The van der Waals surface area contributed by atoms with Gasteiger partial charge in [-0.3, -0.25) is 4.98 Å².